The van der Waals surface area contributed by atoms with E-state index in [-0.39, 0.29) is 24.1 Å². The van der Waals surface area contributed by atoms with E-state index in [0.717, 1.165) is 5.56 Å². The SMILES string of the molecule is N#CC1(Cc2ccc(F)cc2)CCN(C(=O)COc2ccc(Br)cc2CP(=O)(O)O)CC1. The van der Waals surface area contributed by atoms with E-state index in [0.29, 0.717) is 42.4 Å². The second-order valence-electron chi connectivity index (χ2n) is 7.94. The monoisotopic (exact) mass is 524 g/mol. The van der Waals surface area contributed by atoms with Crippen LogP contribution >= 0.6 is 23.5 Å². The lowest BCUT2D eigenvalue weighted by Gasteiger charge is -2.37. The summed E-state index contributed by atoms with van der Waals surface area (Å²) in [6.07, 6.45) is 0.989. The van der Waals surface area contributed by atoms with Crippen molar-refractivity contribution in [3.63, 3.8) is 0 Å². The van der Waals surface area contributed by atoms with Gasteiger partial charge in [-0.15, -0.1) is 0 Å². The minimum Gasteiger partial charge on any atom is -0.483 e. The number of halogens is 2. The third-order valence-electron chi connectivity index (χ3n) is 5.52. The minimum absolute atomic E-state index is 0.240. The quantitative estimate of drug-likeness (QED) is 0.529. The van der Waals surface area contributed by atoms with Crippen molar-refractivity contribution in [2.75, 3.05) is 19.7 Å². The number of rotatable bonds is 7. The molecule has 0 radical (unpaired) electrons. The van der Waals surface area contributed by atoms with Gasteiger partial charge in [0.25, 0.3) is 5.91 Å². The number of benzene rings is 2. The van der Waals surface area contributed by atoms with Gasteiger partial charge in [0.1, 0.15) is 11.6 Å². The number of amides is 1. The summed E-state index contributed by atoms with van der Waals surface area (Å²) in [7, 11) is -4.31. The number of piperidine rings is 1. The van der Waals surface area contributed by atoms with E-state index in [9.17, 15) is 28.8 Å². The first-order valence-corrected chi connectivity index (χ1v) is 12.6. The highest BCUT2D eigenvalue weighted by molar-refractivity contribution is 9.10. The van der Waals surface area contributed by atoms with Crippen LogP contribution in [0.15, 0.2) is 46.9 Å². The van der Waals surface area contributed by atoms with Gasteiger partial charge in [-0.2, -0.15) is 5.26 Å². The summed E-state index contributed by atoms with van der Waals surface area (Å²) in [6, 6.07) is 13.3. The van der Waals surface area contributed by atoms with Gasteiger partial charge < -0.3 is 19.4 Å². The number of carbonyl (C=O) groups excluding carboxylic acids is 1. The van der Waals surface area contributed by atoms with Crippen LogP contribution in [0.1, 0.15) is 24.0 Å². The van der Waals surface area contributed by atoms with Gasteiger partial charge in [0.2, 0.25) is 0 Å². The molecular formula is C22H23BrFN2O5P. The Bertz CT molecular complexity index is 1060. The number of nitrogens with zero attached hydrogens (tertiary/aromatic N) is 2. The summed E-state index contributed by atoms with van der Waals surface area (Å²) < 4.78 is 30.8. The van der Waals surface area contributed by atoms with E-state index in [1.807, 2.05) is 0 Å². The first kappa shape index (κ1) is 24.4. The number of ether oxygens (including phenoxy) is 1. The molecule has 170 valence electrons. The molecule has 2 aromatic rings. The maximum atomic E-state index is 13.1. The fraction of sp³-hybridized carbons (Fsp3) is 0.364. The van der Waals surface area contributed by atoms with Crippen LogP contribution in [0.5, 0.6) is 5.75 Å². The van der Waals surface area contributed by atoms with Crippen molar-refractivity contribution in [2.45, 2.75) is 25.4 Å². The van der Waals surface area contributed by atoms with Crippen molar-refractivity contribution < 1.29 is 28.3 Å². The van der Waals surface area contributed by atoms with E-state index < -0.39 is 19.2 Å². The molecule has 1 heterocycles. The molecule has 10 heteroatoms. The molecule has 0 atom stereocenters. The predicted octanol–water partition coefficient (Wildman–Crippen LogP) is 4.02. The second kappa shape index (κ2) is 10.1. The standard InChI is InChI=1S/C22H23BrFN2O5P/c23-18-3-6-20(17(11-18)14-32(28,29)30)31-13-21(27)26-9-7-22(15-25,8-10-26)12-16-1-4-19(24)5-2-16/h1-6,11H,7-10,12-14H2,(H2,28,29,30). The Kier molecular flexibility index (Phi) is 7.73. The average molecular weight is 525 g/mol. The zero-order valence-electron chi connectivity index (χ0n) is 17.2. The summed E-state index contributed by atoms with van der Waals surface area (Å²) in [5.74, 6) is -0.345. The molecule has 1 aliphatic heterocycles. The van der Waals surface area contributed by atoms with Crippen LogP contribution in [0, 0.1) is 22.6 Å². The third-order valence-corrected chi connectivity index (χ3v) is 6.76. The van der Waals surface area contributed by atoms with E-state index in [1.54, 1.807) is 35.2 Å². The molecule has 3 rings (SSSR count). The molecular weight excluding hydrogens is 502 g/mol. The lowest BCUT2D eigenvalue weighted by molar-refractivity contribution is -0.135. The number of hydrogen-bond donors (Lipinski definition) is 2. The third kappa shape index (κ3) is 6.63. The lowest BCUT2D eigenvalue weighted by Crippen LogP contribution is -2.45. The van der Waals surface area contributed by atoms with Crippen LogP contribution in [0.3, 0.4) is 0 Å². The Hall–Kier alpha value is -2.24. The molecule has 0 aromatic heterocycles. The van der Waals surface area contributed by atoms with Crippen LogP contribution in [0.4, 0.5) is 4.39 Å². The molecule has 1 fully saturated rings. The van der Waals surface area contributed by atoms with E-state index in [4.69, 9.17) is 4.74 Å². The van der Waals surface area contributed by atoms with Crippen LogP contribution in [0.25, 0.3) is 0 Å². The fourth-order valence-electron chi connectivity index (χ4n) is 3.77. The second-order valence-corrected chi connectivity index (χ2v) is 10.5. The van der Waals surface area contributed by atoms with Gasteiger partial charge in [0.15, 0.2) is 6.61 Å². The Balaban J connectivity index is 1.58. The van der Waals surface area contributed by atoms with Gasteiger partial charge in [0, 0.05) is 23.1 Å². The summed E-state index contributed by atoms with van der Waals surface area (Å²) in [5, 5.41) is 9.76. The number of hydrogen-bond acceptors (Lipinski definition) is 4. The molecule has 1 saturated heterocycles. The average Bonchev–Trinajstić information content (AvgIpc) is 2.74. The van der Waals surface area contributed by atoms with Gasteiger partial charge in [-0.1, -0.05) is 28.1 Å². The minimum atomic E-state index is -4.31. The van der Waals surface area contributed by atoms with E-state index in [1.165, 1.54) is 12.1 Å². The molecule has 7 nitrogen and oxygen atoms in total. The molecule has 0 aliphatic carbocycles. The normalized spacial score (nSPS) is 15.8. The smallest absolute Gasteiger partial charge is 0.330 e. The molecule has 0 spiro atoms. The highest BCUT2D eigenvalue weighted by Crippen LogP contribution is 2.42. The van der Waals surface area contributed by atoms with Crippen molar-refractivity contribution >= 4 is 29.4 Å². The first-order chi connectivity index (χ1) is 15.1. The van der Waals surface area contributed by atoms with Crippen LogP contribution in [-0.4, -0.2) is 40.3 Å². The zero-order valence-corrected chi connectivity index (χ0v) is 19.7. The fourth-order valence-corrected chi connectivity index (χ4v) is 4.87. The van der Waals surface area contributed by atoms with Crippen LogP contribution < -0.4 is 4.74 Å². The number of nitriles is 1. The number of carbonyl (C=O) groups is 1. The van der Waals surface area contributed by atoms with Gasteiger partial charge >= 0.3 is 7.60 Å². The van der Waals surface area contributed by atoms with Crippen molar-refractivity contribution in [3.8, 4) is 11.8 Å². The Morgan fingerprint density at radius 1 is 1.22 bits per heavy atom. The largest absolute Gasteiger partial charge is 0.483 e. The zero-order chi connectivity index (χ0) is 23.4. The molecule has 0 unspecified atom stereocenters. The summed E-state index contributed by atoms with van der Waals surface area (Å²) >= 11 is 3.26. The molecule has 0 bridgehead atoms. The van der Waals surface area contributed by atoms with Crippen molar-refractivity contribution in [1.82, 2.24) is 4.90 Å². The van der Waals surface area contributed by atoms with Gasteiger partial charge in [-0.25, -0.2) is 4.39 Å². The number of likely N-dealkylation sites (tertiary alicyclic amines) is 1. The molecule has 2 aromatic carbocycles. The molecule has 0 saturated carbocycles. The van der Waals surface area contributed by atoms with Crippen molar-refractivity contribution in [1.29, 1.82) is 5.26 Å². The Morgan fingerprint density at radius 3 is 2.47 bits per heavy atom. The van der Waals surface area contributed by atoms with Gasteiger partial charge in [-0.05, 0) is 55.2 Å². The Morgan fingerprint density at radius 2 is 1.88 bits per heavy atom. The van der Waals surface area contributed by atoms with Crippen LogP contribution in [-0.2, 0) is 21.9 Å². The molecule has 2 N–H and O–H groups in total. The highest BCUT2D eigenvalue weighted by atomic mass is 79.9. The highest BCUT2D eigenvalue weighted by Gasteiger charge is 2.36. The van der Waals surface area contributed by atoms with E-state index in [2.05, 4.69) is 22.0 Å². The summed E-state index contributed by atoms with van der Waals surface area (Å²) in [6.45, 7) is 0.520. The predicted molar refractivity (Wildman–Crippen MR) is 119 cm³/mol. The molecule has 1 amide bonds. The first-order valence-electron chi connectivity index (χ1n) is 9.98. The topological polar surface area (TPSA) is 111 Å². The van der Waals surface area contributed by atoms with Gasteiger partial charge in [0.05, 0.1) is 17.6 Å². The summed E-state index contributed by atoms with van der Waals surface area (Å²) in [5.41, 5.74) is 0.573. The maximum Gasteiger partial charge on any atom is 0.330 e. The maximum absolute atomic E-state index is 13.1. The van der Waals surface area contributed by atoms with Crippen molar-refractivity contribution in [3.05, 3.63) is 63.9 Å². The lowest BCUT2D eigenvalue weighted by atomic mass is 9.75. The molecule has 32 heavy (non-hydrogen) atoms. The van der Waals surface area contributed by atoms with Crippen LogP contribution in [0.2, 0.25) is 0 Å². The Labute approximate surface area is 194 Å². The molecule has 1 aliphatic rings. The van der Waals surface area contributed by atoms with Crippen molar-refractivity contribution in [2.24, 2.45) is 5.41 Å². The summed E-state index contributed by atoms with van der Waals surface area (Å²) in [4.78, 5) is 32.8. The van der Waals surface area contributed by atoms with Gasteiger partial charge in [-0.3, -0.25) is 9.36 Å². The van der Waals surface area contributed by atoms with E-state index >= 15 is 0 Å².